The van der Waals surface area contributed by atoms with Crippen LogP contribution in [0.3, 0.4) is 0 Å². The maximum Gasteiger partial charge on any atom is 0.255 e. The maximum atomic E-state index is 13.1. The van der Waals surface area contributed by atoms with Crippen molar-refractivity contribution < 1.29 is 14.4 Å². The molecule has 0 aromatic heterocycles. The zero-order valence-electron chi connectivity index (χ0n) is 14.3. The molecule has 3 aromatic rings. The minimum absolute atomic E-state index is 0.0875. The van der Waals surface area contributed by atoms with E-state index in [-0.39, 0.29) is 39.6 Å². The van der Waals surface area contributed by atoms with Crippen LogP contribution in [0.2, 0.25) is 5.02 Å². The van der Waals surface area contributed by atoms with Gasteiger partial charge in [0, 0.05) is 26.2 Å². The smallest absolute Gasteiger partial charge is 0.255 e. The van der Waals surface area contributed by atoms with E-state index in [4.69, 9.17) is 17.3 Å². The lowest BCUT2D eigenvalue weighted by atomic mass is 9.82. The monoisotopic (exact) mass is 454 g/mol. The molecule has 0 atom stereocenters. The number of fused-ring (bicyclic) bond motifs is 2. The van der Waals surface area contributed by atoms with Gasteiger partial charge in [0.15, 0.2) is 11.6 Å². The van der Waals surface area contributed by atoms with Gasteiger partial charge in [-0.2, -0.15) is 0 Å². The molecule has 4 rings (SSSR count). The van der Waals surface area contributed by atoms with E-state index in [1.807, 2.05) is 0 Å². The van der Waals surface area contributed by atoms with E-state index in [1.54, 1.807) is 48.5 Å². The first-order valence-electron chi connectivity index (χ1n) is 8.26. The number of carbonyl (C=O) groups is 3. The largest absolute Gasteiger partial charge is 0.397 e. The summed E-state index contributed by atoms with van der Waals surface area (Å²) in [6.07, 6.45) is 0. The highest BCUT2D eigenvalue weighted by Crippen LogP contribution is 2.39. The molecule has 0 saturated carbocycles. The van der Waals surface area contributed by atoms with Crippen molar-refractivity contribution in [2.45, 2.75) is 0 Å². The third kappa shape index (κ3) is 2.91. The van der Waals surface area contributed by atoms with Gasteiger partial charge < -0.3 is 11.1 Å². The third-order valence-corrected chi connectivity index (χ3v) is 5.45. The number of nitrogens with two attached hydrogens (primary N) is 1. The van der Waals surface area contributed by atoms with Crippen molar-refractivity contribution in [2.24, 2.45) is 0 Å². The number of amides is 1. The van der Waals surface area contributed by atoms with E-state index < -0.39 is 5.91 Å². The number of nitrogens with one attached hydrogen (secondary N) is 1. The summed E-state index contributed by atoms with van der Waals surface area (Å²) < 4.78 is 0.415. The second kappa shape index (κ2) is 6.89. The van der Waals surface area contributed by atoms with Gasteiger partial charge in [-0.1, -0.05) is 35.9 Å². The Kier molecular flexibility index (Phi) is 4.53. The first-order chi connectivity index (χ1) is 13.4. The average Bonchev–Trinajstić information content (AvgIpc) is 2.69. The minimum atomic E-state index is -0.436. The summed E-state index contributed by atoms with van der Waals surface area (Å²) in [7, 11) is 0. The van der Waals surface area contributed by atoms with Gasteiger partial charge in [-0.3, -0.25) is 14.4 Å². The summed E-state index contributed by atoms with van der Waals surface area (Å²) in [5, 5.41) is 3.22. The number of nitrogen functional groups attached to an aromatic ring is 1. The molecule has 0 bridgehead atoms. The van der Waals surface area contributed by atoms with Crippen molar-refractivity contribution in [3.8, 4) is 0 Å². The van der Waals surface area contributed by atoms with Gasteiger partial charge in [-0.05, 0) is 46.3 Å². The number of hydrogen-bond acceptors (Lipinski definition) is 4. The van der Waals surface area contributed by atoms with Crippen LogP contribution in [0.4, 0.5) is 11.4 Å². The third-order valence-electron chi connectivity index (χ3n) is 4.54. The molecule has 0 heterocycles. The fourth-order valence-corrected chi connectivity index (χ4v) is 3.73. The molecule has 1 amide bonds. The van der Waals surface area contributed by atoms with Crippen LogP contribution in [0.5, 0.6) is 0 Å². The van der Waals surface area contributed by atoms with Gasteiger partial charge in [0.25, 0.3) is 5.91 Å². The molecule has 28 heavy (non-hydrogen) atoms. The number of rotatable bonds is 2. The zero-order chi connectivity index (χ0) is 20.0. The first-order valence-corrected chi connectivity index (χ1v) is 9.43. The minimum Gasteiger partial charge on any atom is -0.397 e. The van der Waals surface area contributed by atoms with Crippen LogP contribution < -0.4 is 11.1 Å². The van der Waals surface area contributed by atoms with Gasteiger partial charge in [0.05, 0.1) is 22.5 Å². The molecule has 0 unspecified atom stereocenters. The van der Waals surface area contributed by atoms with Gasteiger partial charge in [0.1, 0.15) is 0 Å². The summed E-state index contributed by atoms with van der Waals surface area (Å²) in [5.74, 6) is -1.16. The highest BCUT2D eigenvalue weighted by molar-refractivity contribution is 9.10. The van der Waals surface area contributed by atoms with Gasteiger partial charge in [-0.25, -0.2) is 0 Å². The Labute approximate surface area is 173 Å². The molecule has 0 fully saturated rings. The lowest BCUT2D eigenvalue weighted by molar-refractivity contribution is 0.0979. The second-order valence-electron chi connectivity index (χ2n) is 6.23. The molecular formula is C21H12BrClN2O3. The van der Waals surface area contributed by atoms with Gasteiger partial charge in [0.2, 0.25) is 0 Å². The number of hydrogen-bond donors (Lipinski definition) is 2. The van der Waals surface area contributed by atoms with Crippen molar-refractivity contribution in [2.75, 3.05) is 11.1 Å². The van der Waals surface area contributed by atoms with Gasteiger partial charge in [-0.15, -0.1) is 0 Å². The van der Waals surface area contributed by atoms with Gasteiger partial charge >= 0.3 is 0 Å². The first kappa shape index (κ1) is 18.4. The Balaban J connectivity index is 1.85. The van der Waals surface area contributed by atoms with E-state index in [0.29, 0.717) is 20.6 Å². The highest BCUT2D eigenvalue weighted by Gasteiger charge is 2.34. The molecule has 5 nitrogen and oxygen atoms in total. The van der Waals surface area contributed by atoms with E-state index in [1.165, 1.54) is 6.07 Å². The lowest BCUT2D eigenvalue weighted by Crippen LogP contribution is -2.25. The molecule has 1 aliphatic rings. The van der Waals surface area contributed by atoms with Crippen molar-refractivity contribution in [3.05, 3.63) is 91.9 Å². The van der Waals surface area contributed by atoms with Crippen molar-refractivity contribution in [1.82, 2.24) is 0 Å². The van der Waals surface area contributed by atoms with Crippen LogP contribution >= 0.6 is 27.5 Å². The zero-order valence-corrected chi connectivity index (χ0v) is 16.6. The van der Waals surface area contributed by atoms with Crippen LogP contribution in [0.1, 0.15) is 42.2 Å². The van der Waals surface area contributed by atoms with Crippen LogP contribution in [-0.2, 0) is 0 Å². The number of ketones is 2. The molecule has 1 aliphatic carbocycles. The number of anilines is 2. The average molecular weight is 456 g/mol. The fraction of sp³-hybridized carbons (Fsp3) is 0. The van der Waals surface area contributed by atoms with Crippen molar-refractivity contribution >= 4 is 56.4 Å². The topological polar surface area (TPSA) is 89.3 Å². The van der Waals surface area contributed by atoms with Crippen LogP contribution in [0, 0.1) is 0 Å². The Morgan fingerprint density at radius 3 is 2.11 bits per heavy atom. The Morgan fingerprint density at radius 1 is 0.929 bits per heavy atom. The molecule has 138 valence electrons. The second-order valence-corrected chi connectivity index (χ2v) is 7.53. The lowest BCUT2D eigenvalue weighted by Gasteiger charge is -2.22. The summed E-state index contributed by atoms with van der Waals surface area (Å²) >= 11 is 9.17. The molecule has 0 radical (unpaired) electrons. The predicted molar refractivity (Wildman–Crippen MR) is 111 cm³/mol. The summed E-state index contributed by atoms with van der Waals surface area (Å²) in [6.45, 7) is 0. The summed E-state index contributed by atoms with van der Waals surface area (Å²) in [4.78, 5) is 38.7. The van der Waals surface area contributed by atoms with Crippen molar-refractivity contribution in [3.63, 3.8) is 0 Å². The molecule has 0 aliphatic heterocycles. The summed E-state index contributed by atoms with van der Waals surface area (Å²) in [5.41, 5.74) is 7.58. The fourth-order valence-electron chi connectivity index (χ4n) is 3.18. The highest BCUT2D eigenvalue weighted by atomic mass is 79.9. The van der Waals surface area contributed by atoms with Crippen LogP contribution in [0.15, 0.2) is 59.1 Å². The molecule has 3 N–H and O–H groups in total. The number of halogens is 2. The molecule has 7 heteroatoms. The standard InChI is InChI=1S/C21H12BrClN2O3/c22-14-9-15(25-21(28)10-5-7-11(23)8-6-10)16-17(18(14)24)20(27)13-4-2-1-3-12(13)19(16)26/h1-9H,24H2,(H,25,28). The Bertz CT molecular complexity index is 1170. The molecular weight excluding hydrogens is 444 g/mol. The number of benzene rings is 3. The van der Waals surface area contributed by atoms with E-state index >= 15 is 0 Å². The maximum absolute atomic E-state index is 13.1. The Hall–Kier alpha value is -2.96. The van der Waals surface area contributed by atoms with E-state index in [0.717, 1.165) is 0 Å². The van der Waals surface area contributed by atoms with Crippen LogP contribution in [-0.4, -0.2) is 17.5 Å². The van der Waals surface area contributed by atoms with Crippen molar-refractivity contribution in [1.29, 1.82) is 0 Å². The molecule has 0 spiro atoms. The van der Waals surface area contributed by atoms with E-state index in [2.05, 4.69) is 21.2 Å². The molecule has 0 saturated heterocycles. The summed E-state index contributed by atoms with van der Waals surface area (Å²) in [6, 6.07) is 14.4. The van der Waals surface area contributed by atoms with E-state index in [9.17, 15) is 14.4 Å². The van der Waals surface area contributed by atoms with Crippen LogP contribution in [0.25, 0.3) is 0 Å². The predicted octanol–water partition coefficient (Wildman–Crippen LogP) is 4.71. The normalized spacial score (nSPS) is 12.4. The quantitative estimate of drug-likeness (QED) is 0.428. The molecule has 3 aromatic carbocycles. The number of carbonyl (C=O) groups excluding carboxylic acids is 3. The SMILES string of the molecule is Nc1c(Br)cc(NC(=O)c2ccc(Cl)cc2)c2c1C(=O)c1ccccc1C2=O. The Morgan fingerprint density at radius 2 is 1.50 bits per heavy atom.